The molecular weight excluding hydrogens is 248 g/mol. The summed E-state index contributed by atoms with van der Waals surface area (Å²) >= 11 is 0. The molecule has 6 nitrogen and oxygen atoms in total. The highest BCUT2D eigenvalue weighted by molar-refractivity contribution is 5.86. The fourth-order valence-electron chi connectivity index (χ4n) is 2.94. The molecule has 2 amide bonds. The Balaban J connectivity index is 1.98. The molecule has 19 heavy (non-hydrogen) atoms. The molecule has 0 radical (unpaired) electrons. The molecule has 1 heterocycles. The van der Waals surface area contributed by atoms with Crippen molar-refractivity contribution in [3.63, 3.8) is 0 Å². The van der Waals surface area contributed by atoms with Crippen LogP contribution in [0.1, 0.15) is 38.5 Å². The summed E-state index contributed by atoms with van der Waals surface area (Å²) in [5.41, 5.74) is -1.07. The van der Waals surface area contributed by atoms with Crippen LogP contribution in [-0.4, -0.2) is 53.8 Å². The number of rotatable bonds is 3. The smallest absolute Gasteiger partial charge is 0.329 e. The first-order chi connectivity index (χ1) is 9.07. The summed E-state index contributed by atoms with van der Waals surface area (Å²) in [5.74, 6) is -0.914. The highest BCUT2D eigenvalue weighted by atomic mass is 16.5. The van der Waals surface area contributed by atoms with Crippen molar-refractivity contribution in [2.45, 2.75) is 50.2 Å². The molecule has 1 saturated heterocycles. The zero-order chi connectivity index (χ0) is 13.9. The van der Waals surface area contributed by atoms with Gasteiger partial charge in [0, 0.05) is 20.2 Å². The number of hydrogen-bond acceptors (Lipinski definition) is 3. The number of carbonyl (C=O) groups is 2. The molecule has 0 spiro atoms. The Bertz CT molecular complexity index is 353. The predicted molar refractivity (Wildman–Crippen MR) is 69.0 cm³/mol. The van der Waals surface area contributed by atoms with Crippen LogP contribution < -0.4 is 5.32 Å². The van der Waals surface area contributed by atoms with Gasteiger partial charge in [0.2, 0.25) is 0 Å². The SMILES string of the molecule is COC1CCN(C(=O)NC2(C(=O)O)CCCCC2)C1. The van der Waals surface area contributed by atoms with Crippen LogP contribution in [0.5, 0.6) is 0 Å². The molecule has 2 fully saturated rings. The highest BCUT2D eigenvalue weighted by Crippen LogP contribution is 2.29. The van der Waals surface area contributed by atoms with Gasteiger partial charge in [-0.05, 0) is 19.3 Å². The fraction of sp³-hybridized carbons (Fsp3) is 0.846. The molecule has 1 saturated carbocycles. The van der Waals surface area contributed by atoms with Crippen LogP contribution in [-0.2, 0) is 9.53 Å². The van der Waals surface area contributed by atoms with Crippen LogP contribution in [0.2, 0.25) is 0 Å². The molecule has 2 aliphatic rings. The van der Waals surface area contributed by atoms with E-state index in [4.69, 9.17) is 4.74 Å². The van der Waals surface area contributed by atoms with Crippen LogP contribution in [0.3, 0.4) is 0 Å². The number of carboxylic acid groups (broad SMARTS) is 1. The first-order valence-electron chi connectivity index (χ1n) is 6.91. The Kier molecular flexibility index (Phi) is 4.29. The number of aliphatic carboxylic acids is 1. The highest BCUT2D eigenvalue weighted by Gasteiger charge is 2.42. The third kappa shape index (κ3) is 3.00. The molecule has 108 valence electrons. The second-order valence-electron chi connectivity index (χ2n) is 5.47. The van der Waals surface area contributed by atoms with Gasteiger partial charge in [-0.15, -0.1) is 0 Å². The van der Waals surface area contributed by atoms with E-state index < -0.39 is 11.5 Å². The fourth-order valence-corrected chi connectivity index (χ4v) is 2.94. The number of nitrogens with one attached hydrogen (secondary N) is 1. The van der Waals surface area contributed by atoms with Crippen molar-refractivity contribution in [1.29, 1.82) is 0 Å². The molecule has 1 unspecified atom stereocenters. The van der Waals surface area contributed by atoms with E-state index >= 15 is 0 Å². The van der Waals surface area contributed by atoms with E-state index in [-0.39, 0.29) is 12.1 Å². The number of methoxy groups -OCH3 is 1. The molecule has 1 aliphatic heterocycles. The van der Waals surface area contributed by atoms with Gasteiger partial charge in [0.25, 0.3) is 0 Å². The maximum atomic E-state index is 12.2. The van der Waals surface area contributed by atoms with Crippen molar-refractivity contribution in [1.82, 2.24) is 10.2 Å². The monoisotopic (exact) mass is 270 g/mol. The van der Waals surface area contributed by atoms with E-state index in [9.17, 15) is 14.7 Å². The standard InChI is InChI=1S/C13H22N2O4/c1-19-10-5-8-15(9-10)12(18)14-13(11(16)17)6-3-2-4-7-13/h10H,2-9H2,1H3,(H,14,18)(H,16,17). The van der Waals surface area contributed by atoms with Crippen molar-refractivity contribution in [3.05, 3.63) is 0 Å². The Morgan fingerprint density at radius 1 is 1.32 bits per heavy atom. The molecule has 2 rings (SSSR count). The molecule has 0 aromatic heterocycles. The zero-order valence-corrected chi connectivity index (χ0v) is 11.4. The quantitative estimate of drug-likeness (QED) is 0.807. The van der Waals surface area contributed by atoms with Gasteiger partial charge in [-0.1, -0.05) is 19.3 Å². The minimum atomic E-state index is -1.07. The molecule has 0 aromatic rings. The average molecular weight is 270 g/mol. The van der Waals surface area contributed by atoms with Gasteiger partial charge in [0.15, 0.2) is 0 Å². The number of likely N-dealkylation sites (tertiary alicyclic amines) is 1. The van der Waals surface area contributed by atoms with Crippen LogP contribution in [0.25, 0.3) is 0 Å². The van der Waals surface area contributed by atoms with Gasteiger partial charge < -0.3 is 20.1 Å². The Morgan fingerprint density at radius 3 is 2.53 bits per heavy atom. The number of urea groups is 1. The number of ether oxygens (including phenoxy) is 1. The number of amides is 2. The van der Waals surface area contributed by atoms with Crippen LogP contribution in [0, 0.1) is 0 Å². The average Bonchev–Trinajstić information content (AvgIpc) is 2.88. The minimum Gasteiger partial charge on any atom is -0.480 e. The molecule has 1 atom stereocenters. The van der Waals surface area contributed by atoms with Gasteiger partial charge in [0.1, 0.15) is 5.54 Å². The lowest BCUT2D eigenvalue weighted by atomic mass is 9.82. The van der Waals surface area contributed by atoms with Gasteiger partial charge >= 0.3 is 12.0 Å². The summed E-state index contributed by atoms with van der Waals surface area (Å²) in [7, 11) is 1.63. The van der Waals surface area contributed by atoms with Crippen molar-refractivity contribution in [2.75, 3.05) is 20.2 Å². The van der Waals surface area contributed by atoms with Crippen LogP contribution in [0.15, 0.2) is 0 Å². The van der Waals surface area contributed by atoms with E-state index in [2.05, 4.69) is 5.32 Å². The topological polar surface area (TPSA) is 78.9 Å². The first-order valence-corrected chi connectivity index (χ1v) is 6.91. The molecule has 1 aliphatic carbocycles. The second-order valence-corrected chi connectivity index (χ2v) is 5.47. The van der Waals surface area contributed by atoms with Gasteiger partial charge in [0.05, 0.1) is 6.10 Å². The van der Waals surface area contributed by atoms with E-state index in [1.54, 1.807) is 12.0 Å². The molecule has 0 bridgehead atoms. The third-order valence-corrected chi connectivity index (χ3v) is 4.23. The zero-order valence-electron chi connectivity index (χ0n) is 11.4. The summed E-state index contributed by atoms with van der Waals surface area (Å²) in [5, 5.41) is 12.2. The van der Waals surface area contributed by atoms with Crippen molar-refractivity contribution >= 4 is 12.0 Å². The van der Waals surface area contributed by atoms with Crippen molar-refractivity contribution in [2.24, 2.45) is 0 Å². The van der Waals surface area contributed by atoms with E-state index in [1.807, 2.05) is 0 Å². The summed E-state index contributed by atoms with van der Waals surface area (Å²) in [6.07, 6.45) is 4.67. The Morgan fingerprint density at radius 2 is 2.00 bits per heavy atom. The third-order valence-electron chi connectivity index (χ3n) is 4.23. The lowest BCUT2D eigenvalue weighted by molar-refractivity contribution is -0.145. The number of nitrogens with zero attached hydrogens (tertiary/aromatic N) is 1. The largest absolute Gasteiger partial charge is 0.480 e. The van der Waals surface area contributed by atoms with Gasteiger partial charge in [-0.2, -0.15) is 0 Å². The molecule has 6 heteroatoms. The summed E-state index contributed by atoms with van der Waals surface area (Å²) < 4.78 is 5.22. The van der Waals surface area contributed by atoms with Crippen LogP contribution >= 0.6 is 0 Å². The number of carboxylic acids is 1. The number of hydrogen-bond donors (Lipinski definition) is 2. The Labute approximate surface area is 113 Å². The minimum absolute atomic E-state index is 0.0675. The first kappa shape index (κ1) is 14.1. The van der Waals surface area contributed by atoms with Gasteiger partial charge in [-0.3, -0.25) is 0 Å². The lowest BCUT2D eigenvalue weighted by Crippen LogP contribution is -2.58. The maximum Gasteiger partial charge on any atom is 0.329 e. The van der Waals surface area contributed by atoms with E-state index in [1.165, 1.54) is 0 Å². The maximum absolute atomic E-state index is 12.2. The van der Waals surface area contributed by atoms with E-state index in [0.29, 0.717) is 25.9 Å². The van der Waals surface area contributed by atoms with Crippen LogP contribution in [0.4, 0.5) is 4.79 Å². The lowest BCUT2D eigenvalue weighted by Gasteiger charge is -2.35. The van der Waals surface area contributed by atoms with Crippen molar-refractivity contribution in [3.8, 4) is 0 Å². The second kappa shape index (κ2) is 5.77. The summed E-state index contributed by atoms with van der Waals surface area (Å²) in [4.78, 5) is 25.3. The molecule has 0 aromatic carbocycles. The van der Waals surface area contributed by atoms with E-state index in [0.717, 1.165) is 25.7 Å². The molecule has 2 N–H and O–H groups in total. The predicted octanol–water partition coefficient (Wildman–Crippen LogP) is 1.20. The number of carbonyl (C=O) groups excluding carboxylic acids is 1. The van der Waals surface area contributed by atoms with Gasteiger partial charge in [-0.25, -0.2) is 9.59 Å². The Hall–Kier alpha value is -1.30. The van der Waals surface area contributed by atoms with Crippen molar-refractivity contribution < 1.29 is 19.4 Å². The normalized spacial score (nSPS) is 26.2. The molecular formula is C13H22N2O4. The summed E-state index contributed by atoms with van der Waals surface area (Å²) in [6, 6.07) is -0.274. The summed E-state index contributed by atoms with van der Waals surface area (Å²) in [6.45, 7) is 1.16.